The average molecular weight is 665 g/mol. The Labute approximate surface area is 273 Å². The van der Waals surface area contributed by atoms with Gasteiger partial charge in [-0.25, -0.2) is 0 Å². The van der Waals surface area contributed by atoms with Crippen LogP contribution in [-0.4, -0.2) is 4.57 Å². The van der Waals surface area contributed by atoms with Gasteiger partial charge in [-0.1, -0.05) is 115 Å². The van der Waals surface area contributed by atoms with Crippen molar-refractivity contribution in [2.24, 2.45) is 0 Å². The second-order valence-corrected chi connectivity index (χ2v) is 13.8. The number of halogens is 1. The largest absolute Gasteiger partial charge is 0.309 e. The molecular weight excluding hydrogens is 638 g/mol. The van der Waals surface area contributed by atoms with Gasteiger partial charge in [0.2, 0.25) is 0 Å². The summed E-state index contributed by atoms with van der Waals surface area (Å²) in [5, 5.41) is 5.01. The Morgan fingerprint density at radius 3 is 1.73 bits per heavy atom. The zero-order chi connectivity index (χ0) is 29.5. The van der Waals surface area contributed by atoms with Gasteiger partial charge in [0.05, 0.1) is 11.0 Å². The molecule has 44 heavy (non-hydrogen) atoms. The van der Waals surface area contributed by atoms with Gasteiger partial charge in [0.25, 0.3) is 0 Å². The topological polar surface area (TPSA) is 4.93 Å². The Balaban J connectivity index is 1.29. The maximum Gasteiger partial charge on any atom is 0.0541 e. The summed E-state index contributed by atoms with van der Waals surface area (Å²) in [6.07, 6.45) is 0. The van der Waals surface area contributed by atoms with E-state index in [4.69, 9.17) is 0 Å². The fourth-order valence-electron chi connectivity index (χ4n) is 5.86. The van der Waals surface area contributed by atoms with Gasteiger partial charge in [0.1, 0.15) is 0 Å². The molecule has 0 fully saturated rings. The zero-order valence-corrected chi connectivity index (χ0v) is 26.9. The van der Waals surface area contributed by atoms with Gasteiger partial charge in [0, 0.05) is 40.5 Å². The molecule has 0 radical (unpaired) electrons. The van der Waals surface area contributed by atoms with E-state index in [1.54, 1.807) is 23.5 Å². The van der Waals surface area contributed by atoms with Crippen LogP contribution in [0.3, 0.4) is 0 Å². The van der Waals surface area contributed by atoms with Crippen molar-refractivity contribution in [3.05, 3.63) is 162 Å². The molecule has 1 heterocycles. The van der Waals surface area contributed by atoms with E-state index in [2.05, 4.69) is 178 Å². The third kappa shape index (κ3) is 5.13. The van der Waals surface area contributed by atoms with E-state index in [9.17, 15) is 0 Å². The second-order valence-electron chi connectivity index (χ2n) is 10.7. The molecule has 0 aliphatic rings. The molecule has 1 aromatic heterocycles. The number of rotatable bonds is 6. The standard InChI is InChI=1S/C40H26BrNS2/c41-40-38(43-32-13-3-1-4-14-32)25-30(26-39(40)44-33-15-5-2-6-16-33)29-20-22-37-35(24-29)34-17-9-10-18-36(34)42(37)31-21-19-27-11-7-8-12-28(27)23-31/h1-26H. The van der Waals surface area contributed by atoms with Gasteiger partial charge in [-0.2, -0.15) is 0 Å². The van der Waals surface area contributed by atoms with Crippen LogP contribution in [0, 0.1) is 0 Å². The first kappa shape index (κ1) is 27.3. The molecule has 7 aromatic carbocycles. The van der Waals surface area contributed by atoms with Gasteiger partial charge in [-0.05, 0) is 105 Å². The lowest BCUT2D eigenvalue weighted by molar-refractivity contribution is 1.19. The number of fused-ring (bicyclic) bond motifs is 4. The molecule has 210 valence electrons. The van der Waals surface area contributed by atoms with Gasteiger partial charge >= 0.3 is 0 Å². The predicted octanol–water partition coefficient (Wildman–Crippen LogP) is 12.7. The van der Waals surface area contributed by atoms with E-state index in [-0.39, 0.29) is 0 Å². The summed E-state index contributed by atoms with van der Waals surface area (Å²) in [6.45, 7) is 0. The molecule has 0 aliphatic heterocycles. The predicted molar refractivity (Wildman–Crippen MR) is 193 cm³/mol. The van der Waals surface area contributed by atoms with Crippen molar-refractivity contribution < 1.29 is 0 Å². The molecule has 0 aliphatic carbocycles. The van der Waals surface area contributed by atoms with Gasteiger partial charge in [-0.15, -0.1) is 0 Å². The van der Waals surface area contributed by atoms with E-state index < -0.39 is 0 Å². The van der Waals surface area contributed by atoms with Crippen LogP contribution in [0.15, 0.2) is 182 Å². The van der Waals surface area contributed by atoms with Crippen LogP contribution in [0.2, 0.25) is 0 Å². The van der Waals surface area contributed by atoms with Gasteiger partial charge in [0.15, 0.2) is 0 Å². The molecule has 4 heteroatoms. The minimum absolute atomic E-state index is 1.12. The minimum Gasteiger partial charge on any atom is -0.309 e. The molecule has 0 spiro atoms. The highest BCUT2D eigenvalue weighted by Gasteiger charge is 2.16. The molecule has 1 nitrogen and oxygen atoms in total. The molecular formula is C40H26BrNS2. The maximum absolute atomic E-state index is 3.98. The summed E-state index contributed by atoms with van der Waals surface area (Å²) in [7, 11) is 0. The highest BCUT2D eigenvalue weighted by atomic mass is 79.9. The summed E-state index contributed by atoms with van der Waals surface area (Å²) in [6, 6.07) is 56.8. The highest BCUT2D eigenvalue weighted by Crippen LogP contribution is 2.45. The third-order valence-corrected chi connectivity index (χ3v) is 11.4. The number of para-hydroxylation sites is 1. The van der Waals surface area contributed by atoms with Crippen molar-refractivity contribution in [1.29, 1.82) is 0 Å². The lowest BCUT2D eigenvalue weighted by Gasteiger charge is -2.14. The SMILES string of the molecule is Brc1c(Sc2ccccc2)cc(-c2ccc3c(c2)c2ccccc2n3-c2ccc3ccccc3c2)cc1Sc1ccccc1. The fraction of sp³-hybridized carbons (Fsp3) is 0. The number of nitrogens with zero attached hydrogens (tertiary/aromatic N) is 1. The third-order valence-electron chi connectivity index (χ3n) is 7.95. The van der Waals surface area contributed by atoms with Crippen molar-refractivity contribution in [2.75, 3.05) is 0 Å². The van der Waals surface area contributed by atoms with Crippen molar-refractivity contribution in [3.63, 3.8) is 0 Å². The normalized spacial score (nSPS) is 11.5. The summed E-state index contributed by atoms with van der Waals surface area (Å²) in [5.74, 6) is 0. The van der Waals surface area contributed by atoms with Crippen molar-refractivity contribution in [3.8, 4) is 16.8 Å². The van der Waals surface area contributed by atoms with Crippen molar-refractivity contribution in [1.82, 2.24) is 4.57 Å². The summed E-state index contributed by atoms with van der Waals surface area (Å²) in [4.78, 5) is 4.83. The quantitative estimate of drug-likeness (QED) is 0.174. The molecule has 8 aromatic rings. The average Bonchev–Trinajstić information content (AvgIpc) is 3.41. The molecule has 0 unspecified atom stereocenters. The fourth-order valence-corrected chi connectivity index (χ4v) is 8.51. The molecule has 8 rings (SSSR count). The number of hydrogen-bond acceptors (Lipinski definition) is 2. The van der Waals surface area contributed by atoms with Crippen LogP contribution in [-0.2, 0) is 0 Å². The van der Waals surface area contributed by atoms with Gasteiger partial charge < -0.3 is 4.57 Å². The highest BCUT2D eigenvalue weighted by molar-refractivity contribution is 9.10. The van der Waals surface area contributed by atoms with E-state index >= 15 is 0 Å². The van der Waals surface area contributed by atoms with Crippen molar-refractivity contribution in [2.45, 2.75) is 19.6 Å². The zero-order valence-electron chi connectivity index (χ0n) is 23.7. The summed E-state index contributed by atoms with van der Waals surface area (Å²) >= 11 is 7.56. The van der Waals surface area contributed by atoms with E-state index in [1.165, 1.54) is 69.0 Å². The molecule has 0 atom stereocenters. The molecule has 0 N–H and O–H groups in total. The minimum atomic E-state index is 1.12. The number of aromatic nitrogens is 1. The number of benzene rings is 7. The van der Waals surface area contributed by atoms with E-state index in [0.717, 1.165) is 4.47 Å². The Bertz CT molecular complexity index is 2230. The Hall–Kier alpha value is -4.22. The second kappa shape index (κ2) is 11.7. The van der Waals surface area contributed by atoms with Crippen molar-refractivity contribution >= 4 is 72.0 Å². The Morgan fingerprint density at radius 1 is 0.432 bits per heavy atom. The van der Waals surface area contributed by atoms with Crippen LogP contribution < -0.4 is 0 Å². The first-order valence-corrected chi connectivity index (χ1v) is 17.0. The van der Waals surface area contributed by atoms with Crippen LogP contribution in [0.1, 0.15) is 0 Å². The number of hydrogen-bond donors (Lipinski definition) is 0. The van der Waals surface area contributed by atoms with Crippen LogP contribution in [0.25, 0.3) is 49.4 Å². The molecule has 0 bridgehead atoms. The van der Waals surface area contributed by atoms with Gasteiger partial charge in [-0.3, -0.25) is 0 Å². The van der Waals surface area contributed by atoms with Crippen LogP contribution in [0.4, 0.5) is 0 Å². The lowest BCUT2D eigenvalue weighted by atomic mass is 10.0. The maximum atomic E-state index is 3.98. The smallest absolute Gasteiger partial charge is 0.0541 e. The Kier molecular flexibility index (Phi) is 7.27. The van der Waals surface area contributed by atoms with E-state index in [0.29, 0.717) is 0 Å². The first-order chi connectivity index (χ1) is 21.7. The molecule has 0 saturated heterocycles. The molecule has 0 saturated carbocycles. The first-order valence-electron chi connectivity index (χ1n) is 14.5. The van der Waals surface area contributed by atoms with E-state index in [1.807, 2.05) is 0 Å². The Morgan fingerprint density at radius 2 is 1.02 bits per heavy atom. The van der Waals surface area contributed by atoms with Crippen LogP contribution >= 0.6 is 39.5 Å². The molecule has 0 amide bonds. The van der Waals surface area contributed by atoms with Crippen LogP contribution in [0.5, 0.6) is 0 Å². The lowest BCUT2D eigenvalue weighted by Crippen LogP contribution is -1.93. The summed E-state index contributed by atoms with van der Waals surface area (Å²) < 4.78 is 3.52. The summed E-state index contributed by atoms with van der Waals surface area (Å²) in [5.41, 5.74) is 6.01. The monoisotopic (exact) mass is 663 g/mol.